The number of rotatable bonds is 8. The zero-order chi connectivity index (χ0) is 16.3. The highest BCUT2D eigenvalue weighted by Gasteiger charge is 2.22. The van der Waals surface area contributed by atoms with Crippen LogP contribution >= 0.6 is 24.4 Å². The van der Waals surface area contributed by atoms with Gasteiger partial charge in [0, 0.05) is 10.7 Å². The van der Waals surface area contributed by atoms with E-state index in [1.54, 1.807) is 0 Å². The van der Waals surface area contributed by atoms with Crippen molar-refractivity contribution in [3.63, 3.8) is 0 Å². The van der Waals surface area contributed by atoms with E-state index in [4.69, 9.17) is 40.9 Å². The topological polar surface area (TPSA) is 162 Å². The summed E-state index contributed by atoms with van der Waals surface area (Å²) in [5, 5.41) is 71.0. The van der Waals surface area contributed by atoms with Crippen LogP contribution in [0.5, 0.6) is 0 Å². The molecule has 0 fully saturated rings. The first-order valence-electron chi connectivity index (χ1n) is 5.47. The third-order valence-electron chi connectivity index (χ3n) is 2.14. The van der Waals surface area contributed by atoms with Crippen LogP contribution in [-0.2, 0) is 0 Å². The molecule has 120 valence electrons. The van der Waals surface area contributed by atoms with Gasteiger partial charge in [0.05, 0.1) is 13.2 Å². The summed E-state index contributed by atoms with van der Waals surface area (Å²) < 4.78 is 0. The maximum Gasteiger partial charge on any atom is 0.112 e. The molecular weight excluding hydrogens is 312 g/mol. The van der Waals surface area contributed by atoms with Gasteiger partial charge in [0.2, 0.25) is 0 Å². The van der Waals surface area contributed by atoms with E-state index in [-0.39, 0.29) is 0 Å². The Morgan fingerprint density at radius 1 is 0.650 bits per heavy atom. The second-order valence-corrected chi connectivity index (χ2v) is 4.28. The van der Waals surface area contributed by atoms with E-state index >= 15 is 0 Å². The van der Waals surface area contributed by atoms with Crippen molar-refractivity contribution >= 4 is 35.2 Å². The highest BCUT2D eigenvalue weighted by atomic mass is 32.1. The summed E-state index contributed by atoms with van der Waals surface area (Å²) in [6.45, 7) is -1.19. The summed E-state index contributed by atoms with van der Waals surface area (Å²) in [6, 6.07) is 0. The summed E-state index contributed by atoms with van der Waals surface area (Å²) in [5.74, 6) is 0. The Balaban J connectivity index is 0. The molecule has 0 heterocycles. The van der Waals surface area contributed by atoms with E-state index in [0.717, 1.165) is 10.7 Å². The van der Waals surface area contributed by atoms with Gasteiger partial charge >= 0.3 is 0 Å². The first-order valence-corrected chi connectivity index (χ1v) is 6.41. The van der Waals surface area contributed by atoms with Crippen molar-refractivity contribution in [2.24, 2.45) is 0 Å². The standard InChI is InChI=1S/2C5H10O4S/c2*6-1-3(7)5(9)4(8)2-10/h2*2-9H,1H2/t3-,4+,5+;3-,4-,5-/m11/s1. The van der Waals surface area contributed by atoms with Gasteiger partial charge in [0.25, 0.3) is 0 Å². The molecule has 0 aromatic carbocycles. The SMILES string of the molecule is OC[C@@H](O)[C@@H](O)[C@H](O)C=S.OC[C@@H](O)[C@H](O)[C@@H](O)C=S. The van der Waals surface area contributed by atoms with Crippen molar-refractivity contribution in [2.75, 3.05) is 13.2 Å². The van der Waals surface area contributed by atoms with Crippen LogP contribution in [0.2, 0.25) is 0 Å². The molecule has 0 aliphatic heterocycles. The van der Waals surface area contributed by atoms with E-state index in [0.29, 0.717) is 0 Å². The number of hydrogen-bond donors (Lipinski definition) is 8. The number of aliphatic hydroxyl groups is 8. The van der Waals surface area contributed by atoms with E-state index < -0.39 is 49.8 Å². The van der Waals surface area contributed by atoms with Crippen LogP contribution in [0.3, 0.4) is 0 Å². The van der Waals surface area contributed by atoms with Crippen molar-refractivity contribution in [3.8, 4) is 0 Å². The fraction of sp³-hybridized carbons (Fsp3) is 0.800. The molecule has 8 nitrogen and oxygen atoms in total. The Hall–Kier alpha value is -0.140. The number of thiocarbonyl (C=S) groups is 2. The average molecular weight is 332 g/mol. The van der Waals surface area contributed by atoms with Gasteiger partial charge in [0.1, 0.15) is 36.6 Å². The quantitative estimate of drug-likeness (QED) is 0.206. The average Bonchev–Trinajstić information content (AvgIpc) is 2.50. The van der Waals surface area contributed by atoms with Gasteiger partial charge in [-0.3, -0.25) is 0 Å². The summed E-state index contributed by atoms with van der Waals surface area (Å²) in [5.41, 5.74) is 0. The Morgan fingerprint density at radius 2 is 0.900 bits per heavy atom. The molecule has 0 aliphatic carbocycles. The van der Waals surface area contributed by atoms with Crippen molar-refractivity contribution in [1.29, 1.82) is 0 Å². The third-order valence-corrected chi connectivity index (χ3v) is 2.70. The van der Waals surface area contributed by atoms with E-state index in [1.807, 2.05) is 0 Å². The van der Waals surface area contributed by atoms with Crippen LogP contribution in [0.25, 0.3) is 0 Å². The molecule has 0 rings (SSSR count). The first kappa shape index (κ1) is 22.1. The Kier molecular flexibility index (Phi) is 13.9. The van der Waals surface area contributed by atoms with Crippen molar-refractivity contribution in [2.45, 2.75) is 36.6 Å². The van der Waals surface area contributed by atoms with Crippen LogP contribution in [0.4, 0.5) is 0 Å². The van der Waals surface area contributed by atoms with Gasteiger partial charge in [-0.25, -0.2) is 0 Å². The van der Waals surface area contributed by atoms with E-state index in [2.05, 4.69) is 24.4 Å². The lowest BCUT2D eigenvalue weighted by atomic mass is 10.1. The van der Waals surface area contributed by atoms with Crippen LogP contribution in [0.15, 0.2) is 0 Å². The van der Waals surface area contributed by atoms with Crippen molar-refractivity contribution < 1.29 is 40.9 Å². The molecule has 0 radical (unpaired) electrons. The number of hydrogen-bond acceptors (Lipinski definition) is 10. The summed E-state index contributed by atoms with van der Waals surface area (Å²) in [6.07, 6.45) is -8.01. The Morgan fingerprint density at radius 3 is 1.05 bits per heavy atom. The largest absolute Gasteiger partial charge is 0.394 e. The predicted octanol–water partition coefficient (Wildman–Crippen LogP) is -3.88. The molecule has 6 atom stereocenters. The van der Waals surface area contributed by atoms with Crippen molar-refractivity contribution in [3.05, 3.63) is 0 Å². The minimum Gasteiger partial charge on any atom is -0.394 e. The molecule has 0 amide bonds. The Bertz CT molecular complexity index is 242. The molecule has 0 unspecified atom stereocenters. The van der Waals surface area contributed by atoms with Crippen molar-refractivity contribution in [1.82, 2.24) is 0 Å². The van der Waals surface area contributed by atoms with Gasteiger partial charge in [-0.1, -0.05) is 24.4 Å². The fourth-order valence-corrected chi connectivity index (χ4v) is 1.15. The molecule has 0 bridgehead atoms. The lowest BCUT2D eigenvalue weighted by molar-refractivity contribution is -0.0536. The third kappa shape index (κ3) is 8.92. The zero-order valence-electron chi connectivity index (χ0n) is 10.4. The minimum atomic E-state index is -1.40. The molecule has 0 aromatic rings. The van der Waals surface area contributed by atoms with Crippen LogP contribution < -0.4 is 0 Å². The van der Waals surface area contributed by atoms with Crippen LogP contribution in [-0.4, -0.2) is 101 Å². The summed E-state index contributed by atoms with van der Waals surface area (Å²) in [4.78, 5) is 0. The molecule has 8 N–H and O–H groups in total. The van der Waals surface area contributed by atoms with Gasteiger partial charge in [-0.05, 0) is 0 Å². The Labute approximate surface area is 126 Å². The lowest BCUT2D eigenvalue weighted by Crippen LogP contribution is -2.39. The molecule has 0 aliphatic rings. The molecule has 0 saturated heterocycles. The van der Waals surface area contributed by atoms with Gasteiger partial charge < -0.3 is 40.9 Å². The molecule has 10 heteroatoms. The molecular formula is C10H20O8S2. The highest BCUT2D eigenvalue weighted by Crippen LogP contribution is 1.97. The van der Waals surface area contributed by atoms with E-state index in [1.165, 1.54) is 0 Å². The zero-order valence-corrected chi connectivity index (χ0v) is 12.1. The van der Waals surface area contributed by atoms with Crippen LogP contribution in [0.1, 0.15) is 0 Å². The van der Waals surface area contributed by atoms with E-state index in [9.17, 15) is 0 Å². The maximum atomic E-state index is 8.83. The predicted molar refractivity (Wildman–Crippen MR) is 77.5 cm³/mol. The lowest BCUT2D eigenvalue weighted by Gasteiger charge is -2.17. The second-order valence-electron chi connectivity index (χ2n) is 3.73. The summed E-state index contributed by atoms with van der Waals surface area (Å²) >= 11 is 8.58. The van der Waals surface area contributed by atoms with Crippen LogP contribution in [0, 0.1) is 0 Å². The smallest absolute Gasteiger partial charge is 0.112 e. The minimum absolute atomic E-state index is 0.596. The molecule has 20 heavy (non-hydrogen) atoms. The van der Waals surface area contributed by atoms with Gasteiger partial charge in [-0.2, -0.15) is 0 Å². The summed E-state index contributed by atoms with van der Waals surface area (Å²) in [7, 11) is 0. The highest BCUT2D eigenvalue weighted by molar-refractivity contribution is 7.79. The normalized spacial score (nSPS) is 19.6. The molecule has 0 aromatic heterocycles. The number of aliphatic hydroxyl groups excluding tert-OH is 8. The molecule has 0 saturated carbocycles. The maximum absolute atomic E-state index is 8.83. The fourth-order valence-electron chi connectivity index (χ4n) is 0.832. The first-order chi connectivity index (χ1) is 9.26. The monoisotopic (exact) mass is 332 g/mol. The van der Waals surface area contributed by atoms with Gasteiger partial charge in [0.15, 0.2) is 0 Å². The molecule has 0 spiro atoms. The van der Waals surface area contributed by atoms with Gasteiger partial charge in [-0.15, -0.1) is 0 Å². The second kappa shape index (κ2) is 12.6.